The van der Waals surface area contributed by atoms with Gasteiger partial charge in [-0.1, -0.05) is 17.7 Å². The second-order valence-corrected chi connectivity index (χ2v) is 5.47. The van der Waals surface area contributed by atoms with Crippen LogP contribution in [0.3, 0.4) is 0 Å². The molecule has 0 atom stereocenters. The molecule has 1 aliphatic rings. The van der Waals surface area contributed by atoms with Gasteiger partial charge in [-0.05, 0) is 44.7 Å². The minimum absolute atomic E-state index is 0.0819. The lowest BCUT2D eigenvalue weighted by molar-refractivity contribution is 0.659. The molecule has 0 radical (unpaired) electrons. The highest BCUT2D eigenvalue weighted by Crippen LogP contribution is 2.35. The maximum Gasteiger partial charge on any atom is 0.0423 e. The third-order valence-electron chi connectivity index (χ3n) is 3.46. The standard InChI is InChI=1S/C14H22N2/c1-10-7-11(2)13(12(3)8-10)16(4)9-14(15)5-6-14/h7-8H,5-6,9,15H2,1-4H3. The molecule has 0 unspecified atom stereocenters. The fraction of sp³-hybridized carbons (Fsp3) is 0.571. The summed E-state index contributed by atoms with van der Waals surface area (Å²) in [5.41, 5.74) is 11.6. The van der Waals surface area contributed by atoms with E-state index < -0.39 is 0 Å². The summed E-state index contributed by atoms with van der Waals surface area (Å²) in [6, 6.07) is 4.49. The molecule has 0 aliphatic heterocycles. The van der Waals surface area contributed by atoms with Gasteiger partial charge in [-0.15, -0.1) is 0 Å². The largest absolute Gasteiger partial charge is 0.372 e. The summed E-state index contributed by atoms with van der Waals surface area (Å²) in [5.74, 6) is 0. The Hall–Kier alpha value is -1.02. The molecule has 0 spiro atoms. The number of aryl methyl sites for hydroxylation is 3. The summed E-state index contributed by atoms with van der Waals surface area (Å²) in [6.07, 6.45) is 2.34. The van der Waals surface area contributed by atoms with E-state index in [9.17, 15) is 0 Å². The van der Waals surface area contributed by atoms with Crippen molar-refractivity contribution in [2.75, 3.05) is 18.5 Å². The Balaban J connectivity index is 2.25. The van der Waals surface area contributed by atoms with Crippen LogP contribution < -0.4 is 10.6 Å². The van der Waals surface area contributed by atoms with Gasteiger partial charge in [0.25, 0.3) is 0 Å². The van der Waals surface area contributed by atoms with Gasteiger partial charge in [0.05, 0.1) is 0 Å². The fourth-order valence-corrected chi connectivity index (χ4v) is 2.64. The third-order valence-corrected chi connectivity index (χ3v) is 3.46. The molecule has 1 aromatic rings. The topological polar surface area (TPSA) is 29.3 Å². The van der Waals surface area contributed by atoms with Gasteiger partial charge in [-0.2, -0.15) is 0 Å². The van der Waals surface area contributed by atoms with E-state index in [1.807, 2.05) is 0 Å². The van der Waals surface area contributed by atoms with Crippen LogP contribution in [-0.4, -0.2) is 19.1 Å². The maximum atomic E-state index is 6.17. The molecule has 1 saturated carbocycles. The number of anilines is 1. The molecule has 0 heterocycles. The van der Waals surface area contributed by atoms with Gasteiger partial charge in [-0.25, -0.2) is 0 Å². The average Bonchev–Trinajstić information content (AvgIpc) is 2.80. The Labute approximate surface area is 98.4 Å². The number of nitrogens with zero attached hydrogens (tertiary/aromatic N) is 1. The van der Waals surface area contributed by atoms with Crippen LogP contribution in [0, 0.1) is 20.8 Å². The van der Waals surface area contributed by atoms with E-state index >= 15 is 0 Å². The van der Waals surface area contributed by atoms with Gasteiger partial charge < -0.3 is 10.6 Å². The van der Waals surface area contributed by atoms with E-state index in [0.29, 0.717) is 0 Å². The normalized spacial score (nSPS) is 17.3. The molecule has 1 aromatic carbocycles. The quantitative estimate of drug-likeness (QED) is 0.844. The second-order valence-electron chi connectivity index (χ2n) is 5.47. The van der Waals surface area contributed by atoms with E-state index in [0.717, 1.165) is 6.54 Å². The Kier molecular flexibility index (Phi) is 2.70. The summed E-state index contributed by atoms with van der Waals surface area (Å²) < 4.78 is 0. The highest BCUT2D eigenvalue weighted by atomic mass is 15.1. The molecule has 2 rings (SSSR count). The number of rotatable bonds is 3. The Morgan fingerprint density at radius 1 is 1.19 bits per heavy atom. The first-order valence-corrected chi connectivity index (χ1v) is 5.99. The van der Waals surface area contributed by atoms with Crippen molar-refractivity contribution in [1.82, 2.24) is 0 Å². The number of hydrogen-bond acceptors (Lipinski definition) is 2. The first kappa shape index (κ1) is 11.5. The number of likely N-dealkylation sites (N-methyl/N-ethyl adjacent to an activating group) is 1. The Bertz CT molecular complexity index is 382. The highest BCUT2D eigenvalue weighted by molar-refractivity contribution is 5.60. The first-order chi connectivity index (χ1) is 7.41. The highest BCUT2D eigenvalue weighted by Gasteiger charge is 2.39. The molecule has 0 amide bonds. The first-order valence-electron chi connectivity index (χ1n) is 5.99. The molecule has 1 aliphatic carbocycles. The van der Waals surface area contributed by atoms with E-state index in [1.54, 1.807) is 0 Å². The van der Waals surface area contributed by atoms with Crippen LogP contribution in [0.4, 0.5) is 5.69 Å². The van der Waals surface area contributed by atoms with Crippen LogP contribution in [0.2, 0.25) is 0 Å². The molecule has 2 N–H and O–H groups in total. The number of nitrogens with two attached hydrogens (primary N) is 1. The van der Waals surface area contributed by atoms with Crippen molar-refractivity contribution in [3.8, 4) is 0 Å². The van der Waals surface area contributed by atoms with Crippen LogP contribution in [0.1, 0.15) is 29.5 Å². The van der Waals surface area contributed by atoms with Crippen molar-refractivity contribution in [1.29, 1.82) is 0 Å². The summed E-state index contributed by atoms with van der Waals surface area (Å²) >= 11 is 0. The van der Waals surface area contributed by atoms with E-state index in [4.69, 9.17) is 5.73 Å². The molecule has 2 nitrogen and oxygen atoms in total. The van der Waals surface area contributed by atoms with Gasteiger partial charge in [0.15, 0.2) is 0 Å². The lowest BCUT2D eigenvalue weighted by Gasteiger charge is -2.27. The Morgan fingerprint density at radius 2 is 1.69 bits per heavy atom. The average molecular weight is 218 g/mol. The molecule has 2 heteroatoms. The van der Waals surface area contributed by atoms with Crippen LogP contribution in [0.25, 0.3) is 0 Å². The monoisotopic (exact) mass is 218 g/mol. The van der Waals surface area contributed by atoms with Crippen molar-refractivity contribution in [3.63, 3.8) is 0 Å². The minimum atomic E-state index is 0.0819. The van der Waals surface area contributed by atoms with Crippen molar-refractivity contribution in [2.45, 2.75) is 39.2 Å². The van der Waals surface area contributed by atoms with Gasteiger partial charge in [-0.3, -0.25) is 0 Å². The fourth-order valence-electron chi connectivity index (χ4n) is 2.64. The molecule has 0 saturated heterocycles. The second kappa shape index (κ2) is 3.77. The predicted molar refractivity (Wildman–Crippen MR) is 70.1 cm³/mol. The lowest BCUT2D eigenvalue weighted by Crippen LogP contribution is -2.37. The third kappa shape index (κ3) is 2.22. The van der Waals surface area contributed by atoms with Crippen LogP contribution >= 0.6 is 0 Å². The van der Waals surface area contributed by atoms with E-state index in [2.05, 4.69) is 44.9 Å². The lowest BCUT2D eigenvalue weighted by atomic mass is 10.0. The SMILES string of the molecule is Cc1cc(C)c(N(C)CC2(N)CC2)c(C)c1. The van der Waals surface area contributed by atoms with Gasteiger partial charge in [0.2, 0.25) is 0 Å². The van der Waals surface area contributed by atoms with Crippen LogP contribution in [-0.2, 0) is 0 Å². The van der Waals surface area contributed by atoms with Gasteiger partial charge >= 0.3 is 0 Å². The van der Waals surface area contributed by atoms with E-state index in [1.165, 1.54) is 35.2 Å². The van der Waals surface area contributed by atoms with E-state index in [-0.39, 0.29) is 5.54 Å². The smallest absolute Gasteiger partial charge is 0.0423 e. The van der Waals surface area contributed by atoms with Crippen molar-refractivity contribution in [2.24, 2.45) is 5.73 Å². The zero-order chi connectivity index (χ0) is 11.9. The summed E-state index contributed by atoms with van der Waals surface area (Å²) in [7, 11) is 2.15. The molecule has 0 aromatic heterocycles. The summed E-state index contributed by atoms with van der Waals surface area (Å²) in [4.78, 5) is 2.32. The minimum Gasteiger partial charge on any atom is -0.372 e. The van der Waals surface area contributed by atoms with Crippen molar-refractivity contribution >= 4 is 5.69 Å². The number of hydrogen-bond donors (Lipinski definition) is 1. The Morgan fingerprint density at radius 3 is 2.12 bits per heavy atom. The van der Waals surface area contributed by atoms with Crippen LogP contribution in [0.5, 0.6) is 0 Å². The number of benzene rings is 1. The van der Waals surface area contributed by atoms with Gasteiger partial charge in [0, 0.05) is 24.8 Å². The zero-order valence-electron chi connectivity index (χ0n) is 10.8. The molecular weight excluding hydrogens is 196 g/mol. The predicted octanol–water partition coefficient (Wildman–Crippen LogP) is 2.54. The zero-order valence-corrected chi connectivity index (χ0v) is 10.8. The maximum absolute atomic E-state index is 6.17. The molecule has 16 heavy (non-hydrogen) atoms. The van der Waals surface area contributed by atoms with Crippen molar-refractivity contribution < 1.29 is 0 Å². The van der Waals surface area contributed by atoms with Crippen molar-refractivity contribution in [3.05, 3.63) is 28.8 Å². The molecule has 0 bridgehead atoms. The molecule has 1 fully saturated rings. The van der Waals surface area contributed by atoms with Gasteiger partial charge in [0.1, 0.15) is 0 Å². The summed E-state index contributed by atoms with van der Waals surface area (Å²) in [5, 5.41) is 0. The summed E-state index contributed by atoms with van der Waals surface area (Å²) in [6.45, 7) is 7.48. The van der Waals surface area contributed by atoms with Crippen LogP contribution in [0.15, 0.2) is 12.1 Å². The molecule has 88 valence electrons. The molecular formula is C14H22N2.